The molecule has 0 aliphatic carbocycles. The molecule has 6 nitrogen and oxygen atoms in total. The highest BCUT2D eigenvalue weighted by Gasteiger charge is 2.25. The van der Waals surface area contributed by atoms with Crippen molar-refractivity contribution in [3.05, 3.63) is 94.5 Å². The molecule has 0 saturated carbocycles. The lowest BCUT2D eigenvalue weighted by molar-refractivity contribution is -0.131. The number of rotatable bonds is 5. The summed E-state index contributed by atoms with van der Waals surface area (Å²) in [6.45, 7) is 8.21. The largest absolute Gasteiger partial charge is 0.338 e. The molecule has 0 unspecified atom stereocenters. The Labute approximate surface area is 235 Å². The number of anilines is 1. The molecule has 2 amide bonds. The summed E-state index contributed by atoms with van der Waals surface area (Å²) < 4.78 is 14.6. The van der Waals surface area contributed by atoms with E-state index < -0.39 is 5.82 Å². The molecule has 0 N–H and O–H groups in total. The number of halogens is 2. The monoisotopic (exact) mass is 550 g/mol. The Morgan fingerprint density at radius 3 is 2.44 bits per heavy atom. The van der Waals surface area contributed by atoms with E-state index in [4.69, 9.17) is 11.6 Å². The number of fused-ring (bicyclic) bond motifs is 1. The van der Waals surface area contributed by atoms with Gasteiger partial charge in [-0.15, -0.1) is 0 Å². The Morgan fingerprint density at radius 2 is 1.74 bits per heavy atom. The second-order valence-corrected chi connectivity index (χ2v) is 10.9. The van der Waals surface area contributed by atoms with E-state index in [9.17, 15) is 14.0 Å². The van der Waals surface area contributed by atoms with Crippen LogP contribution in [0.25, 0.3) is 0 Å². The molecule has 1 aliphatic heterocycles. The van der Waals surface area contributed by atoms with Gasteiger partial charge in [0.25, 0.3) is 5.91 Å². The van der Waals surface area contributed by atoms with Gasteiger partial charge in [0, 0.05) is 49.3 Å². The number of carbonyl (C=O) groups is 2. The molecule has 1 aromatic heterocycles. The normalized spacial score (nSPS) is 15.4. The van der Waals surface area contributed by atoms with Crippen LogP contribution in [0.3, 0.4) is 0 Å². The number of hydrogen-bond donors (Lipinski definition) is 0. The highest BCUT2D eigenvalue weighted by Crippen LogP contribution is 2.27. The first-order chi connectivity index (χ1) is 18.8. The second-order valence-electron chi connectivity index (χ2n) is 10.5. The first-order valence-electron chi connectivity index (χ1n) is 13.5. The van der Waals surface area contributed by atoms with Gasteiger partial charge < -0.3 is 14.7 Å². The first-order valence-corrected chi connectivity index (χ1v) is 13.9. The van der Waals surface area contributed by atoms with Crippen LogP contribution in [0.4, 0.5) is 10.1 Å². The smallest absolute Gasteiger partial charge is 0.259 e. The fourth-order valence-electron chi connectivity index (χ4n) is 5.06. The van der Waals surface area contributed by atoms with Crippen LogP contribution < -0.4 is 4.90 Å². The molecule has 4 rings (SSSR count). The quantitative estimate of drug-likeness (QED) is 0.400. The zero-order chi connectivity index (χ0) is 27.8. The number of hydrogen-bond acceptors (Lipinski definition) is 4. The molecule has 8 heteroatoms. The van der Waals surface area contributed by atoms with Crippen molar-refractivity contribution in [3.8, 4) is 0 Å². The van der Waals surface area contributed by atoms with Crippen molar-refractivity contribution in [2.45, 2.75) is 39.7 Å². The summed E-state index contributed by atoms with van der Waals surface area (Å²) in [5.74, 6) is -0.146. The second kappa shape index (κ2) is 13.7. The predicted molar refractivity (Wildman–Crippen MR) is 153 cm³/mol. The van der Waals surface area contributed by atoms with Crippen molar-refractivity contribution in [2.24, 2.45) is 5.92 Å². The molecule has 0 saturated heterocycles. The minimum atomic E-state index is -0.400. The van der Waals surface area contributed by atoms with Crippen LogP contribution in [0.2, 0.25) is 5.02 Å². The van der Waals surface area contributed by atoms with Gasteiger partial charge in [-0.1, -0.05) is 37.6 Å². The fourth-order valence-corrected chi connectivity index (χ4v) is 5.18. The van der Waals surface area contributed by atoms with Gasteiger partial charge in [-0.3, -0.25) is 14.6 Å². The van der Waals surface area contributed by atoms with E-state index in [-0.39, 0.29) is 24.8 Å². The summed E-state index contributed by atoms with van der Waals surface area (Å²) >= 11 is 6.03. The fraction of sp³-hybridized carbons (Fsp3) is 0.387. The van der Waals surface area contributed by atoms with Crippen LogP contribution >= 0.6 is 11.6 Å². The molecule has 0 radical (unpaired) electrons. The maximum Gasteiger partial charge on any atom is 0.259 e. The van der Waals surface area contributed by atoms with E-state index in [0.717, 1.165) is 38.0 Å². The highest BCUT2D eigenvalue weighted by atomic mass is 35.5. The van der Waals surface area contributed by atoms with Crippen LogP contribution in [0.15, 0.2) is 67.0 Å². The molecule has 0 fully saturated rings. The average molecular weight is 551 g/mol. The third-order valence-corrected chi connectivity index (χ3v) is 7.10. The molecule has 39 heavy (non-hydrogen) atoms. The molecule has 3 aromatic rings. The van der Waals surface area contributed by atoms with Crippen LogP contribution in [0, 0.1) is 11.7 Å². The van der Waals surface area contributed by atoms with E-state index in [0.29, 0.717) is 40.8 Å². The lowest BCUT2D eigenvalue weighted by atomic mass is 10.1. The molecule has 2 heterocycles. The van der Waals surface area contributed by atoms with Gasteiger partial charge >= 0.3 is 0 Å². The van der Waals surface area contributed by atoms with Gasteiger partial charge in [-0.2, -0.15) is 0 Å². The maximum atomic E-state index is 14.6. The SMILES string of the molecule is CC(C)CN1CCCN(C(=O)Cc2ccc(Cl)cc2)Cc2cc(F)ccc2N(C(=O)c2cccnc2)CCC1. The van der Waals surface area contributed by atoms with Gasteiger partial charge in [0.1, 0.15) is 5.82 Å². The summed E-state index contributed by atoms with van der Waals surface area (Å²) in [6.07, 6.45) is 4.98. The summed E-state index contributed by atoms with van der Waals surface area (Å²) in [7, 11) is 0. The molecular formula is C31H36ClFN4O2. The standard InChI is InChI=1S/C31H36ClFN4O2/c1-23(2)21-35-14-4-16-36(30(38)18-24-7-9-27(32)10-8-24)22-26-19-28(33)11-12-29(26)37(17-5-15-35)31(39)25-6-3-13-34-20-25/h3,6-13,19-20,23H,4-5,14-18,21-22H2,1-2H3. The number of nitrogens with zero attached hydrogens (tertiary/aromatic N) is 4. The predicted octanol–water partition coefficient (Wildman–Crippen LogP) is 5.84. The molecule has 0 spiro atoms. The number of pyridine rings is 1. The molecular weight excluding hydrogens is 515 g/mol. The molecule has 0 atom stereocenters. The highest BCUT2D eigenvalue weighted by molar-refractivity contribution is 6.30. The van der Waals surface area contributed by atoms with Crippen molar-refractivity contribution in [1.82, 2.24) is 14.8 Å². The lowest BCUT2D eigenvalue weighted by Crippen LogP contribution is -2.40. The molecule has 0 bridgehead atoms. The zero-order valence-corrected chi connectivity index (χ0v) is 23.4. The van der Waals surface area contributed by atoms with Crippen LogP contribution in [-0.2, 0) is 17.8 Å². The van der Waals surface area contributed by atoms with Crippen molar-refractivity contribution < 1.29 is 14.0 Å². The summed E-state index contributed by atoms with van der Waals surface area (Å²) in [5.41, 5.74) is 2.56. The lowest BCUT2D eigenvalue weighted by Gasteiger charge is -2.32. The summed E-state index contributed by atoms with van der Waals surface area (Å²) in [4.78, 5) is 37.3. The van der Waals surface area contributed by atoms with Gasteiger partial charge in [0.05, 0.1) is 12.0 Å². The number of carbonyl (C=O) groups excluding carboxylic acids is 2. The number of benzene rings is 2. The van der Waals surface area contributed by atoms with Gasteiger partial charge in [-0.05, 0) is 85.4 Å². The summed E-state index contributed by atoms with van der Waals surface area (Å²) in [6, 6.07) is 15.2. The minimum Gasteiger partial charge on any atom is -0.338 e. The van der Waals surface area contributed by atoms with E-state index in [2.05, 4.69) is 23.7 Å². The minimum absolute atomic E-state index is 0.0508. The van der Waals surface area contributed by atoms with Crippen LogP contribution in [0.1, 0.15) is 48.2 Å². The van der Waals surface area contributed by atoms with Crippen molar-refractivity contribution >= 4 is 29.1 Å². The number of amides is 2. The first kappa shape index (κ1) is 28.7. The van der Waals surface area contributed by atoms with Crippen LogP contribution in [0.5, 0.6) is 0 Å². The average Bonchev–Trinajstić information content (AvgIpc) is 2.91. The van der Waals surface area contributed by atoms with E-state index in [1.165, 1.54) is 12.1 Å². The molecule has 1 aliphatic rings. The Balaban J connectivity index is 1.69. The van der Waals surface area contributed by atoms with Crippen molar-refractivity contribution in [2.75, 3.05) is 37.6 Å². The van der Waals surface area contributed by atoms with Gasteiger partial charge in [-0.25, -0.2) is 4.39 Å². The molecule has 2 aromatic carbocycles. The summed E-state index contributed by atoms with van der Waals surface area (Å²) in [5, 5.41) is 0.616. The Hall–Kier alpha value is -3.29. The topological polar surface area (TPSA) is 56.8 Å². The Kier molecular flexibility index (Phi) is 10.1. The number of aromatic nitrogens is 1. The Morgan fingerprint density at radius 1 is 1.00 bits per heavy atom. The van der Waals surface area contributed by atoms with E-state index >= 15 is 0 Å². The zero-order valence-electron chi connectivity index (χ0n) is 22.7. The maximum absolute atomic E-state index is 14.6. The van der Waals surface area contributed by atoms with Crippen molar-refractivity contribution in [1.29, 1.82) is 0 Å². The van der Waals surface area contributed by atoms with Crippen molar-refractivity contribution in [3.63, 3.8) is 0 Å². The van der Waals surface area contributed by atoms with Gasteiger partial charge in [0.15, 0.2) is 0 Å². The third-order valence-electron chi connectivity index (χ3n) is 6.85. The Bertz CT molecular complexity index is 1250. The van der Waals surface area contributed by atoms with Crippen LogP contribution in [-0.4, -0.2) is 59.3 Å². The third kappa shape index (κ3) is 8.10. The van der Waals surface area contributed by atoms with E-state index in [1.54, 1.807) is 52.5 Å². The molecule has 206 valence electrons. The van der Waals surface area contributed by atoms with E-state index in [1.807, 2.05) is 12.1 Å². The van der Waals surface area contributed by atoms with Gasteiger partial charge in [0.2, 0.25) is 5.91 Å².